The number of carbonyl (C=O) groups excluding carboxylic acids is 3. The van der Waals surface area contributed by atoms with E-state index in [0.717, 1.165) is 0 Å². The van der Waals surface area contributed by atoms with Gasteiger partial charge < -0.3 is 9.84 Å². The molecule has 1 atom stereocenters. The molecule has 1 N–H and O–H groups in total. The predicted octanol–water partition coefficient (Wildman–Crippen LogP) is 1.07. The number of aliphatic hydroxyl groups excluding tert-OH is 1. The van der Waals surface area contributed by atoms with Crippen LogP contribution in [0.25, 0.3) is 0 Å². The van der Waals surface area contributed by atoms with E-state index in [0.29, 0.717) is 24.6 Å². The zero-order valence-corrected chi connectivity index (χ0v) is 11.3. The molecule has 0 aromatic heterocycles. The van der Waals surface area contributed by atoms with Crippen molar-refractivity contribution in [1.82, 2.24) is 0 Å². The third kappa shape index (κ3) is 4.28. The molecule has 0 bridgehead atoms. The number of aliphatic hydroxyl groups is 1. The van der Waals surface area contributed by atoms with Crippen LogP contribution in [0.5, 0.6) is 0 Å². The highest BCUT2D eigenvalue weighted by Gasteiger charge is 2.36. The summed E-state index contributed by atoms with van der Waals surface area (Å²) in [5, 5.41) is 9.53. The third-order valence-corrected chi connectivity index (χ3v) is 2.85. The van der Waals surface area contributed by atoms with Gasteiger partial charge >= 0.3 is 5.97 Å². The first kappa shape index (κ1) is 16.0. The minimum atomic E-state index is -1.88. The maximum Gasteiger partial charge on any atom is 0.336 e. The lowest BCUT2D eigenvalue weighted by molar-refractivity contribution is -0.172. The van der Waals surface area contributed by atoms with Gasteiger partial charge in [0.15, 0.2) is 18.7 Å². The number of benzene rings is 1. The molecule has 0 saturated carbocycles. The van der Waals surface area contributed by atoms with Gasteiger partial charge in [-0.25, -0.2) is 4.79 Å². The molecule has 1 aromatic rings. The van der Waals surface area contributed by atoms with Crippen molar-refractivity contribution in [3.63, 3.8) is 0 Å². The van der Waals surface area contributed by atoms with Crippen LogP contribution in [0.2, 0.25) is 0 Å². The van der Waals surface area contributed by atoms with Crippen molar-refractivity contribution in [2.24, 2.45) is 0 Å². The summed E-state index contributed by atoms with van der Waals surface area (Å²) < 4.78 is 4.93. The summed E-state index contributed by atoms with van der Waals surface area (Å²) in [6, 6.07) is 8.74. The molecule has 20 heavy (non-hydrogen) atoms. The molecule has 5 nitrogen and oxygen atoms in total. The van der Waals surface area contributed by atoms with Gasteiger partial charge in [0.1, 0.15) is 0 Å². The standard InChI is InChI=1S/C15H18O5/c1-2-6-13(18)14(19)20-15(10-16,11-17)9-12-7-4-3-5-8-12/h3-5,7-8,10-11,13,18H,2,6,9H2,1H3. The van der Waals surface area contributed by atoms with E-state index < -0.39 is 17.7 Å². The van der Waals surface area contributed by atoms with Gasteiger partial charge in [-0.3, -0.25) is 9.59 Å². The minimum absolute atomic E-state index is 0.0502. The summed E-state index contributed by atoms with van der Waals surface area (Å²) in [6.45, 7) is 1.80. The summed E-state index contributed by atoms with van der Waals surface area (Å²) in [6.07, 6.45) is 0.0238. The first-order valence-corrected chi connectivity index (χ1v) is 6.44. The van der Waals surface area contributed by atoms with Crippen LogP contribution in [0.1, 0.15) is 25.3 Å². The van der Waals surface area contributed by atoms with Gasteiger partial charge in [0.2, 0.25) is 5.60 Å². The molecule has 0 aliphatic rings. The Morgan fingerprint density at radius 2 is 1.90 bits per heavy atom. The first-order valence-electron chi connectivity index (χ1n) is 6.44. The van der Waals surface area contributed by atoms with Crippen LogP contribution in [0.15, 0.2) is 30.3 Å². The fourth-order valence-electron chi connectivity index (χ4n) is 1.76. The average Bonchev–Trinajstić information content (AvgIpc) is 2.47. The molecule has 1 aromatic carbocycles. The Labute approximate surface area is 117 Å². The van der Waals surface area contributed by atoms with E-state index in [1.807, 2.05) is 0 Å². The Hall–Kier alpha value is -2.01. The molecule has 0 aliphatic heterocycles. The van der Waals surface area contributed by atoms with E-state index in [2.05, 4.69) is 0 Å². The van der Waals surface area contributed by atoms with Gasteiger partial charge in [-0.1, -0.05) is 43.7 Å². The predicted molar refractivity (Wildman–Crippen MR) is 72.0 cm³/mol. The molecule has 0 saturated heterocycles. The van der Waals surface area contributed by atoms with Crippen LogP contribution < -0.4 is 0 Å². The number of ether oxygens (including phenoxy) is 1. The molecule has 0 fully saturated rings. The lowest BCUT2D eigenvalue weighted by atomic mass is 9.97. The first-order chi connectivity index (χ1) is 9.56. The number of carbonyl (C=O) groups is 3. The van der Waals surface area contributed by atoms with Crippen molar-refractivity contribution in [1.29, 1.82) is 0 Å². The van der Waals surface area contributed by atoms with Crippen LogP contribution in [0.3, 0.4) is 0 Å². The molecule has 5 heteroatoms. The Morgan fingerprint density at radius 3 is 2.40 bits per heavy atom. The van der Waals surface area contributed by atoms with Crippen molar-refractivity contribution in [3.8, 4) is 0 Å². The maximum atomic E-state index is 11.7. The molecule has 108 valence electrons. The normalized spacial score (nSPS) is 12.5. The Kier molecular flexibility index (Phi) is 6.06. The zero-order chi connectivity index (χ0) is 15.0. The topological polar surface area (TPSA) is 80.7 Å². The van der Waals surface area contributed by atoms with Gasteiger partial charge in [-0.2, -0.15) is 0 Å². The van der Waals surface area contributed by atoms with Crippen molar-refractivity contribution < 1.29 is 24.2 Å². The van der Waals surface area contributed by atoms with Crippen LogP contribution in [0.4, 0.5) is 0 Å². The summed E-state index contributed by atoms with van der Waals surface area (Å²) in [4.78, 5) is 34.0. The number of hydrogen-bond acceptors (Lipinski definition) is 5. The summed E-state index contributed by atoms with van der Waals surface area (Å²) in [7, 11) is 0. The highest BCUT2D eigenvalue weighted by Crippen LogP contribution is 2.16. The summed E-state index contributed by atoms with van der Waals surface area (Å²) >= 11 is 0. The molecule has 0 heterocycles. The fraction of sp³-hybridized carbons (Fsp3) is 0.400. The fourth-order valence-corrected chi connectivity index (χ4v) is 1.76. The van der Waals surface area contributed by atoms with Gasteiger partial charge in [0, 0.05) is 6.42 Å². The molecule has 1 unspecified atom stereocenters. The molecule has 0 spiro atoms. The second-order valence-electron chi connectivity index (χ2n) is 4.58. The number of rotatable bonds is 8. The Balaban J connectivity index is 2.84. The third-order valence-electron chi connectivity index (χ3n) is 2.85. The smallest absolute Gasteiger partial charge is 0.336 e. The molecule has 0 aliphatic carbocycles. The van der Waals surface area contributed by atoms with Crippen LogP contribution >= 0.6 is 0 Å². The van der Waals surface area contributed by atoms with Crippen molar-refractivity contribution in [2.45, 2.75) is 37.9 Å². The molecule has 0 amide bonds. The van der Waals surface area contributed by atoms with E-state index in [-0.39, 0.29) is 12.8 Å². The van der Waals surface area contributed by atoms with E-state index >= 15 is 0 Å². The molecule has 1 rings (SSSR count). The minimum Gasteiger partial charge on any atom is -0.441 e. The van der Waals surface area contributed by atoms with Crippen molar-refractivity contribution in [2.75, 3.05) is 0 Å². The Morgan fingerprint density at radius 1 is 1.30 bits per heavy atom. The Bertz CT molecular complexity index is 447. The lowest BCUT2D eigenvalue weighted by Crippen LogP contribution is -2.43. The van der Waals surface area contributed by atoms with Crippen molar-refractivity contribution in [3.05, 3.63) is 35.9 Å². The van der Waals surface area contributed by atoms with Crippen molar-refractivity contribution >= 4 is 18.5 Å². The highest BCUT2D eigenvalue weighted by molar-refractivity contribution is 5.92. The van der Waals surface area contributed by atoms with Gasteiger partial charge in [-0.15, -0.1) is 0 Å². The molecule has 0 radical (unpaired) electrons. The number of esters is 1. The summed E-state index contributed by atoms with van der Waals surface area (Å²) in [5.74, 6) is -0.956. The SMILES string of the molecule is CCCC(O)C(=O)OC(C=O)(C=O)Cc1ccccc1. The lowest BCUT2D eigenvalue weighted by Gasteiger charge is -2.23. The largest absolute Gasteiger partial charge is 0.441 e. The number of hydrogen-bond donors (Lipinski definition) is 1. The van der Waals surface area contributed by atoms with E-state index in [1.54, 1.807) is 37.3 Å². The number of aldehydes is 2. The van der Waals surface area contributed by atoms with Crippen LogP contribution in [-0.2, 0) is 25.5 Å². The van der Waals surface area contributed by atoms with Gasteiger partial charge in [0.25, 0.3) is 0 Å². The van der Waals surface area contributed by atoms with E-state index in [1.165, 1.54) is 0 Å². The average molecular weight is 278 g/mol. The van der Waals surface area contributed by atoms with Gasteiger partial charge in [-0.05, 0) is 12.0 Å². The molecular weight excluding hydrogens is 260 g/mol. The zero-order valence-electron chi connectivity index (χ0n) is 11.3. The monoisotopic (exact) mass is 278 g/mol. The van der Waals surface area contributed by atoms with Gasteiger partial charge in [0.05, 0.1) is 0 Å². The van der Waals surface area contributed by atoms with E-state index in [4.69, 9.17) is 4.74 Å². The second-order valence-corrected chi connectivity index (χ2v) is 4.58. The quantitative estimate of drug-likeness (QED) is 0.437. The van der Waals surface area contributed by atoms with Crippen LogP contribution in [0, 0.1) is 0 Å². The van der Waals surface area contributed by atoms with Crippen LogP contribution in [-0.4, -0.2) is 35.4 Å². The van der Waals surface area contributed by atoms with E-state index in [9.17, 15) is 19.5 Å². The summed E-state index contributed by atoms with van der Waals surface area (Å²) in [5.41, 5.74) is -1.20. The maximum absolute atomic E-state index is 11.7. The second kappa shape index (κ2) is 7.55. The molecular formula is C15H18O5. The highest BCUT2D eigenvalue weighted by atomic mass is 16.6.